The summed E-state index contributed by atoms with van der Waals surface area (Å²) in [5.74, 6) is 1.83. The van der Waals surface area contributed by atoms with Crippen molar-refractivity contribution in [3.8, 4) is 11.5 Å². The predicted octanol–water partition coefficient (Wildman–Crippen LogP) is 8.75. The van der Waals surface area contributed by atoms with Gasteiger partial charge in [0.2, 0.25) is 0 Å². The van der Waals surface area contributed by atoms with Crippen molar-refractivity contribution in [2.45, 2.75) is 159 Å². The summed E-state index contributed by atoms with van der Waals surface area (Å²) >= 11 is 0. The Bertz CT molecular complexity index is 1200. The van der Waals surface area contributed by atoms with Gasteiger partial charge >= 0.3 is 5.97 Å². The van der Waals surface area contributed by atoms with Crippen LogP contribution in [0.5, 0.6) is 11.5 Å². The van der Waals surface area contributed by atoms with Gasteiger partial charge in [-0.3, -0.25) is 9.69 Å². The molecule has 0 radical (unpaired) electrons. The van der Waals surface area contributed by atoms with E-state index < -0.39 is 11.0 Å². The van der Waals surface area contributed by atoms with Crippen molar-refractivity contribution in [3.05, 3.63) is 47.6 Å². The van der Waals surface area contributed by atoms with Crippen LogP contribution in [-0.2, 0) is 16.6 Å². The molecular weight excluding hydrogens is 546 g/mol. The molecule has 0 amide bonds. The van der Waals surface area contributed by atoms with Gasteiger partial charge in [-0.15, -0.1) is 0 Å². The molecule has 5 aliphatic rings. The van der Waals surface area contributed by atoms with E-state index in [2.05, 4.69) is 36.6 Å². The van der Waals surface area contributed by atoms with Gasteiger partial charge in [0.15, 0.2) is 11.5 Å². The molecule has 1 aromatic carbocycles. The molecule has 2 heterocycles. The molecule has 2 aliphatic heterocycles. The van der Waals surface area contributed by atoms with Gasteiger partial charge in [0, 0.05) is 24.6 Å². The van der Waals surface area contributed by atoms with Crippen LogP contribution in [0.1, 0.15) is 140 Å². The fraction of sp³-hybridized carbons (Fsp3) is 0.718. The van der Waals surface area contributed by atoms with E-state index >= 15 is 0 Å². The fourth-order valence-corrected chi connectivity index (χ4v) is 8.98. The molecular formula is C39H57NO4. The summed E-state index contributed by atoms with van der Waals surface area (Å²) in [5, 5.41) is 12.5. The highest BCUT2D eigenvalue weighted by molar-refractivity contribution is 5.75. The third-order valence-corrected chi connectivity index (χ3v) is 11.6. The Labute approximate surface area is 266 Å². The lowest BCUT2D eigenvalue weighted by atomic mass is 9.48. The van der Waals surface area contributed by atoms with Crippen molar-refractivity contribution in [2.24, 2.45) is 5.92 Å². The second-order valence-electron chi connectivity index (χ2n) is 14.7. The number of carbonyl (C=O) groups is 1. The van der Waals surface area contributed by atoms with Crippen LogP contribution >= 0.6 is 0 Å². The van der Waals surface area contributed by atoms with E-state index in [-0.39, 0.29) is 18.1 Å². The molecule has 1 unspecified atom stereocenters. The highest BCUT2D eigenvalue weighted by Crippen LogP contribution is 2.66. The molecule has 6 rings (SSSR count). The number of unbranched alkanes of at least 4 members (excludes halogenated alkanes) is 11. The molecule has 0 aromatic heterocycles. The molecule has 2 saturated carbocycles. The number of allylic oxidation sites excluding steroid dienone is 2. The van der Waals surface area contributed by atoms with Crippen LogP contribution in [0.15, 0.2) is 36.4 Å². The van der Waals surface area contributed by atoms with E-state index in [0.29, 0.717) is 17.9 Å². The summed E-state index contributed by atoms with van der Waals surface area (Å²) in [5.41, 5.74) is 2.11. The van der Waals surface area contributed by atoms with Gasteiger partial charge < -0.3 is 14.6 Å². The zero-order valence-corrected chi connectivity index (χ0v) is 27.4. The fourth-order valence-electron chi connectivity index (χ4n) is 8.98. The molecule has 2 bridgehead atoms. The maximum absolute atomic E-state index is 13.0. The lowest BCUT2D eigenvalue weighted by Crippen LogP contribution is -2.75. The number of carbonyl (C=O) groups excluding carboxylic acids is 1. The quantitative estimate of drug-likeness (QED) is 0.0787. The Hall–Kier alpha value is -2.11. The summed E-state index contributed by atoms with van der Waals surface area (Å²) in [6.45, 7) is 8.76. The maximum atomic E-state index is 13.0. The summed E-state index contributed by atoms with van der Waals surface area (Å²) in [6.07, 6.45) is 26.9. The number of aliphatic hydroxyl groups is 1. The van der Waals surface area contributed by atoms with E-state index in [0.717, 1.165) is 75.1 Å². The zero-order valence-electron chi connectivity index (χ0n) is 27.4. The van der Waals surface area contributed by atoms with Crippen molar-refractivity contribution in [1.82, 2.24) is 4.90 Å². The number of nitrogens with zero attached hydrogens (tertiary/aromatic N) is 1. The first kappa shape index (κ1) is 31.9. The average Bonchev–Trinajstić information content (AvgIpc) is 3.76. The molecule has 3 fully saturated rings. The normalized spacial score (nSPS) is 28.7. The number of ether oxygens (including phenoxy) is 2. The lowest BCUT2D eigenvalue weighted by molar-refractivity contribution is -0.174. The SMILES string of the molecule is C=C1CC[C@@]2(O)C3Cc4ccc(OC(=O)CCCCCCC/C=C\CCCCCCCC)c5c4[C@@]2(CCN3CC2CC2)[C@H]1O5. The van der Waals surface area contributed by atoms with Gasteiger partial charge in [0.1, 0.15) is 6.10 Å². The van der Waals surface area contributed by atoms with E-state index in [4.69, 9.17) is 9.47 Å². The van der Waals surface area contributed by atoms with Gasteiger partial charge in [-0.05, 0) is 100 Å². The molecule has 44 heavy (non-hydrogen) atoms. The van der Waals surface area contributed by atoms with Gasteiger partial charge in [-0.25, -0.2) is 0 Å². The van der Waals surface area contributed by atoms with Crippen LogP contribution in [0.2, 0.25) is 0 Å². The third kappa shape index (κ3) is 6.30. The molecule has 3 aliphatic carbocycles. The van der Waals surface area contributed by atoms with Crippen LogP contribution in [0.4, 0.5) is 0 Å². The number of hydrogen-bond acceptors (Lipinski definition) is 5. The molecule has 4 atom stereocenters. The smallest absolute Gasteiger partial charge is 0.311 e. The summed E-state index contributed by atoms with van der Waals surface area (Å²) in [4.78, 5) is 15.5. The van der Waals surface area contributed by atoms with Crippen LogP contribution in [0.25, 0.3) is 0 Å². The largest absolute Gasteiger partial charge is 0.481 e. The summed E-state index contributed by atoms with van der Waals surface area (Å²) in [7, 11) is 0. The van der Waals surface area contributed by atoms with Crippen molar-refractivity contribution >= 4 is 5.97 Å². The molecule has 5 heteroatoms. The second kappa shape index (κ2) is 14.1. The predicted molar refractivity (Wildman–Crippen MR) is 177 cm³/mol. The second-order valence-corrected chi connectivity index (χ2v) is 14.7. The molecule has 1 N–H and O–H groups in total. The van der Waals surface area contributed by atoms with Crippen molar-refractivity contribution in [2.75, 3.05) is 13.1 Å². The van der Waals surface area contributed by atoms with Crippen molar-refractivity contribution in [1.29, 1.82) is 0 Å². The van der Waals surface area contributed by atoms with E-state index in [1.807, 2.05) is 6.07 Å². The van der Waals surface area contributed by atoms with Gasteiger partial charge in [0.05, 0.1) is 11.0 Å². The number of piperidine rings is 1. The van der Waals surface area contributed by atoms with Gasteiger partial charge in [-0.2, -0.15) is 0 Å². The van der Waals surface area contributed by atoms with Crippen LogP contribution in [0.3, 0.4) is 0 Å². The molecule has 1 spiro atoms. The molecule has 1 aromatic rings. The topological polar surface area (TPSA) is 59.0 Å². The van der Waals surface area contributed by atoms with Gasteiger partial charge in [-0.1, -0.05) is 83.1 Å². The van der Waals surface area contributed by atoms with E-state index in [1.54, 1.807) is 0 Å². The first-order chi connectivity index (χ1) is 21.5. The van der Waals surface area contributed by atoms with Gasteiger partial charge in [0.25, 0.3) is 0 Å². The van der Waals surface area contributed by atoms with E-state index in [1.165, 1.54) is 82.6 Å². The monoisotopic (exact) mass is 603 g/mol. The first-order valence-electron chi connectivity index (χ1n) is 18.3. The summed E-state index contributed by atoms with van der Waals surface area (Å²) in [6, 6.07) is 4.19. The minimum atomic E-state index is -0.837. The highest BCUT2D eigenvalue weighted by Gasteiger charge is 2.72. The maximum Gasteiger partial charge on any atom is 0.311 e. The van der Waals surface area contributed by atoms with Crippen LogP contribution in [-0.4, -0.2) is 46.8 Å². The number of benzene rings is 1. The Kier molecular flexibility index (Phi) is 10.2. The Balaban J connectivity index is 0.975. The third-order valence-electron chi connectivity index (χ3n) is 11.6. The highest BCUT2D eigenvalue weighted by atomic mass is 16.6. The van der Waals surface area contributed by atoms with E-state index in [9.17, 15) is 9.90 Å². The Morgan fingerprint density at radius 2 is 1.73 bits per heavy atom. The molecule has 242 valence electrons. The summed E-state index contributed by atoms with van der Waals surface area (Å²) < 4.78 is 12.7. The van der Waals surface area contributed by atoms with Crippen molar-refractivity contribution in [3.63, 3.8) is 0 Å². The number of esters is 1. The van der Waals surface area contributed by atoms with Crippen LogP contribution < -0.4 is 9.47 Å². The minimum Gasteiger partial charge on any atom is -0.481 e. The molecule has 1 saturated heterocycles. The number of hydrogen-bond donors (Lipinski definition) is 1. The standard InChI is InChI=1S/C39H57NO4/c1-3-4-5-6-7-8-9-10-11-12-13-14-15-16-17-18-34(41)43-32-22-21-31-27-33-39(42)24-23-29(2)37-38(39,35(31)36(32)44-37)25-26-40(33)28-30-19-20-30/h10-11,21-22,30,33,37,42H,2-9,12-20,23-28H2,1H3/b11-10-/t33?,37-,38-,39+/m0/s1. The van der Waals surface area contributed by atoms with Crippen LogP contribution in [0, 0.1) is 5.92 Å². The lowest BCUT2D eigenvalue weighted by Gasteiger charge is -2.63. The Morgan fingerprint density at radius 1 is 1.02 bits per heavy atom. The molecule has 5 nitrogen and oxygen atoms in total. The number of rotatable bonds is 18. The number of likely N-dealkylation sites (tertiary alicyclic amines) is 1. The Morgan fingerprint density at radius 3 is 2.45 bits per heavy atom. The minimum absolute atomic E-state index is 0.115. The average molecular weight is 604 g/mol. The first-order valence-corrected chi connectivity index (χ1v) is 18.3. The van der Waals surface area contributed by atoms with Crippen molar-refractivity contribution < 1.29 is 19.4 Å². The zero-order chi connectivity index (χ0) is 30.6.